The summed E-state index contributed by atoms with van der Waals surface area (Å²) < 4.78 is 32.2. The van der Waals surface area contributed by atoms with Gasteiger partial charge in [0.05, 0.1) is 11.9 Å². The largest absolute Gasteiger partial charge is 0.469 e. The molecule has 116 valence electrons. The molecule has 0 amide bonds. The molecule has 2 aromatic heterocycles. The zero-order chi connectivity index (χ0) is 15.5. The monoisotopic (exact) mass is 329 g/mol. The summed E-state index contributed by atoms with van der Waals surface area (Å²) in [7, 11) is -3.58. The van der Waals surface area contributed by atoms with E-state index in [2.05, 4.69) is 4.72 Å². The van der Waals surface area contributed by atoms with E-state index in [1.54, 1.807) is 31.2 Å². The van der Waals surface area contributed by atoms with Crippen LogP contribution in [-0.2, 0) is 22.9 Å². The van der Waals surface area contributed by atoms with Crippen LogP contribution in [-0.4, -0.2) is 25.7 Å². The molecule has 0 saturated heterocycles. The van der Waals surface area contributed by atoms with Crippen LogP contribution in [0.15, 0.2) is 39.2 Å². The number of furan rings is 1. The quantitative estimate of drug-likeness (QED) is 0.816. The molecule has 0 aliphatic heterocycles. The Kier molecular flexibility index (Phi) is 4.88. The fraction of sp³-hybridized carbons (Fsp3) is 0.429. The Morgan fingerprint density at radius 1 is 1.38 bits per heavy atom. The Morgan fingerprint density at radius 2 is 2.14 bits per heavy atom. The minimum absolute atomic E-state index is 0.0740. The maximum absolute atomic E-state index is 12.2. The van der Waals surface area contributed by atoms with Gasteiger partial charge in [-0.2, -0.15) is 0 Å². The lowest BCUT2D eigenvalue weighted by Gasteiger charge is -2.22. The predicted octanol–water partition coefficient (Wildman–Crippen LogP) is 2.18. The molecule has 0 spiro atoms. The van der Waals surface area contributed by atoms with Gasteiger partial charge in [-0.3, -0.25) is 0 Å². The van der Waals surface area contributed by atoms with E-state index < -0.39 is 15.6 Å². The normalized spacial score (nSPS) is 15.0. The second-order valence-electron chi connectivity index (χ2n) is 5.15. The lowest BCUT2D eigenvalue weighted by atomic mass is 10.0. The number of thiophene rings is 1. The summed E-state index contributed by atoms with van der Waals surface area (Å²) in [5.74, 6) is 0.614. The third kappa shape index (κ3) is 4.41. The summed E-state index contributed by atoms with van der Waals surface area (Å²) in [6, 6.07) is 6.87. The molecule has 0 bridgehead atoms. The van der Waals surface area contributed by atoms with Crippen LogP contribution in [0.1, 0.15) is 24.5 Å². The highest BCUT2D eigenvalue weighted by Crippen LogP contribution is 2.22. The van der Waals surface area contributed by atoms with Crippen molar-refractivity contribution < 1.29 is 17.9 Å². The maximum Gasteiger partial charge on any atom is 0.250 e. The first-order chi connectivity index (χ1) is 9.82. The molecule has 1 atom stereocenters. The molecular formula is C14H19NO4S2. The average Bonchev–Trinajstić information content (AvgIpc) is 3.07. The summed E-state index contributed by atoms with van der Waals surface area (Å²) in [4.78, 5) is 1.01. The number of aliphatic hydroxyl groups is 1. The Balaban J connectivity index is 2.00. The smallest absolute Gasteiger partial charge is 0.250 e. The molecule has 2 rings (SSSR count). The van der Waals surface area contributed by atoms with E-state index in [9.17, 15) is 13.5 Å². The van der Waals surface area contributed by atoms with Crippen LogP contribution >= 0.6 is 11.3 Å². The van der Waals surface area contributed by atoms with Crippen LogP contribution in [0.25, 0.3) is 0 Å². The van der Waals surface area contributed by atoms with Crippen molar-refractivity contribution in [2.24, 2.45) is 0 Å². The molecule has 5 nitrogen and oxygen atoms in total. The highest BCUT2D eigenvalue weighted by atomic mass is 32.2. The number of sulfonamides is 1. The van der Waals surface area contributed by atoms with Crippen LogP contribution in [0.4, 0.5) is 0 Å². The molecule has 1 unspecified atom stereocenters. The van der Waals surface area contributed by atoms with E-state index in [0.717, 1.165) is 11.3 Å². The Hall–Kier alpha value is -1.15. The van der Waals surface area contributed by atoms with Crippen LogP contribution in [0, 0.1) is 0 Å². The fourth-order valence-corrected chi connectivity index (χ4v) is 4.37. The number of rotatable bonds is 7. The first-order valence-electron chi connectivity index (χ1n) is 6.65. The van der Waals surface area contributed by atoms with Gasteiger partial charge < -0.3 is 9.52 Å². The van der Waals surface area contributed by atoms with Gasteiger partial charge in [-0.05, 0) is 37.6 Å². The third-order valence-electron chi connectivity index (χ3n) is 3.03. The van der Waals surface area contributed by atoms with E-state index in [0.29, 0.717) is 5.76 Å². The van der Waals surface area contributed by atoms with Crippen molar-refractivity contribution >= 4 is 21.4 Å². The van der Waals surface area contributed by atoms with E-state index in [1.165, 1.54) is 17.6 Å². The van der Waals surface area contributed by atoms with Crippen molar-refractivity contribution in [2.75, 3.05) is 6.54 Å². The highest BCUT2D eigenvalue weighted by molar-refractivity contribution is 7.91. The number of hydrogen-bond acceptors (Lipinski definition) is 5. The topological polar surface area (TPSA) is 79.5 Å². The lowest BCUT2D eigenvalue weighted by Crippen LogP contribution is -2.41. The maximum atomic E-state index is 12.2. The number of aryl methyl sites for hydroxylation is 1. The van der Waals surface area contributed by atoms with Crippen molar-refractivity contribution in [1.29, 1.82) is 0 Å². The van der Waals surface area contributed by atoms with Crippen LogP contribution < -0.4 is 4.72 Å². The first kappa shape index (κ1) is 16.2. The van der Waals surface area contributed by atoms with Crippen molar-refractivity contribution in [1.82, 2.24) is 4.72 Å². The molecule has 2 heterocycles. The number of nitrogens with one attached hydrogen (secondary N) is 1. The summed E-state index contributed by atoms with van der Waals surface area (Å²) in [6.45, 7) is 3.48. The minimum atomic E-state index is -3.58. The Morgan fingerprint density at radius 3 is 2.71 bits per heavy atom. The van der Waals surface area contributed by atoms with Crippen molar-refractivity contribution in [3.05, 3.63) is 41.2 Å². The van der Waals surface area contributed by atoms with Crippen LogP contribution in [0.5, 0.6) is 0 Å². The fourth-order valence-electron chi connectivity index (χ4n) is 1.87. The third-order valence-corrected chi connectivity index (χ3v) is 6.15. The van der Waals surface area contributed by atoms with Gasteiger partial charge in [-0.1, -0.05) is 6.92 Å². The van der Waals surface area contributed by atoms with Crippen molar-refractivity contribution in [3.8, 4) is 0 Å². The van der Waals surface area contributed by atoms with Gasteiger partial charge in [0.2, 0.25) is 10.0 Å². The Labute approximate surface area is 128 Å². The summed E-state index contributed by atoms with van der Waals surface area (Å²) in [5, 5.41) is 10.3. The van der Waals surface area contributed by atoms with Crippen molar-refractivity contribution in [3.63, 3.8) is 0 Å². The molecule has 0 saturated carbocycles. The molecule has 0 aliphatic carbocycles. The summed E-state index contributed by atoms with van der Waals surface area (Å²) in [6.07, 6.45) is 2.57. The van der Waals surface area contributed by atoms with Crippen LogP contribution in [0.3, 0.4) is 0 Å². The standard InChI is InChI=1S/C14H19NO4S2/c1-3-12-6-7-13(20-12)21(17,18)15-10-14(2,16)9-11-5-4-8-19-11/h4-8,15-16H,3,9-10H2,1-2H3. The van der Waals surface area contributed by atoms with Gasteiger partial charge in [0, 0.05) is 17.8 Å². The van der Waals surface area contributed by atoms with Gasteiger partial charge >= 0.3 is 0 Å². The molecule has 0 aromatic carbocycles. The number of hydrogen-bond donors (Lipinski definition) is 2. The zero-order valence-electron chi connectivity index (χ0n) is 12.0. The molecule has 21 heavy (non-hydrogen) atoms. The van der Waals surface area contributed by atoms with Gasteiger partial charge in [0.15, 0.2) is 0 Å². The van der Waals surface area contributed by atoms with E-state index in [1.807, 2.05) is 6.92 Å². The molecule has 2 aromatic rings. The van der Waals surface area contributed by atoms with E-state index in [-0.39, 0.29) is 17.2 Å². The van der Waals surface area contributed by atoms with Gasteiger partial charge in [0.25, 0.3) is 0 Å². The molecular weight excluding hydrogens is 310 g/mol. The van der Waals surface area contributed by atoms with Gasteiger partial charge in [-0.25, -0.2) is 13.1 Å². The van der Waals surface area contributed by atoms with Crippen molar-refractivity contribution in [2.45, 2.75) is 36.5 Å². The lowest BCUT2D eigenvalue weighted by molar-refractivity contribution is 0.0603. The Bertz CT molecular complexity index is 672. The zero-order valence-corrected chi connectivity index (χ0v) is 13.6. The molecule has 0 fully saturated rings. The average molecular weight is 329 g/mol. The molecule has 0 aliphatic rings. The molecule has 2 N–H and O–H groups in total. The molecule has 0 radical (unpaired) electrons. The second-order valence-corrected chi connectivity index (χ2v) is 8.31. The van der Waals surface area contributed by atoms with E-state index >= 15 is 0 Å². The summed E-state index contributed by atoms with van der Waals surface area (Å²) in [5.41, 5.74) is -1.21. The van der Waals surface area contributed by atoms with E-state index in [4.69, 9.17) is 4.42 Å². The molecule has 7 heteroatoms. The van der Waals surface area contributed by atoms with Gasteiger partial charge in [-0.15, -0.1) is 11.3 Å². The summed E-state index contributed by atoms with van der Waals surface area (Å²) >= 11 is 1.25. The minimum Gasteiger partial charge on any atom is -0.469 e. The first-order valence-corrected chi connectivity index (χ1v) is 8.95. The predicted molar refractivity (Wildman–Crippen MR) is 81.9 cm³/mol. The second kappa shape index (κ2) is 6.31. The SMILES string of the molecule is CCc1ccc(S(=O)(=O)NCC(C)(O)Cc2ccco2)s1. The van der Waals surface area contributed by atoms with Crippen LogP contribution in [0.2, 0.25) is 0 Å². The highest BCUT2D eigenvalue weighted by Gasteiger charge is 2.26. The van der Waals surface area contributed by atoms with Gasteiger partial charge in [0.1, 0.15) is 9.97 Å².